The summed E-state index contributed by atoms with van der Waals surface area (Å²) in [5.74, 6) is 0. The third-order valence-corrected chi connectivity index (χ3v) is 7.03. The molecule has 4 aromatic carbocycles. The van der Waals surface area contributed by atoms with Crippen molar-refractivity contribution in [2.45, 2.75) is 5.54 Å². The highest BCUT2D eigenvalue weighted by Crippen LogP contribution is 2.24. The number of hydrogen-bond donors (Lipinski definition) is 0. The number of rotatable bonds is 6. The molecule has 4 rings (SSSR count). The smallest absolute Gasteiger partial charge is 0.0587 e. The van der Waals surface area contributed by atoms with Gasteiger partial charge < -0.3 is 0 Å². The second-order valence-electron chi connectivity index (χ2n) is 7.00. The van der Waals surface area contributed by atoms with Crippen molar-refractivity contribution in [3.63, 3.8) is 0 Å². The fourth-order valence-corrected chi connectivity index (χ4v) is 5.36. The Morgan fingerprint density at radius 3 is 1.50 bits per heavy atom. The van der Waals surface area contributed by atoms with Gasteiger partial charge in [-0.05, 0) is 27.8 Å². The van der Waals surface area contributed by atoms with Gasteiger partial charge in [0, 0.05) is 5.54 Å². The maximum absolute atomic E-state index is 2.43. The molecule has 0 saturated carbocycles. The van der Waals surface area contributed by atoms with Crippen LogP contribution in [0.2, 0.25) is 0 Å². The van der Waals surface area contributed by atoms with Gasteiger partial charge in [0.15, 0.2) is 0 Å². The molecule has 1 heteroatoms. The summed E-state index contributed by atoms with van der Waals surface area (Å²) in [4.78, 5) is 0. The predicted octanol–water partition coefficient (Wildman–Crippen LogP) is 6.28. The zero-order valence-corrected chi connectivity index (χ0v) is 17.3. The highest BCUT2D eigenvalue weighted by Gasteiger charge is 2.12. The molecule has 0 radical (unpaired) electrons. The van der Waals surface area contributed by atoms with E-state index in [0.717, 1.165) is 0 Å². The van der Waals surface area contributed by atoms with Gasteiger partial charge in [-0.25, -0.2) is 0 Å². The summed E-state index contributed by atoms with van der Waals surface area (Å²) in [5.41, 5.74) is 9.59. The molecule has 28 heavy (non-hydrogen) atoms. The first-order valence-corrected chi connectivity index (χ1v) is 11.5. The third kappa shape index (κ3) is 4.57. The van der Waals surface area contributed by atoms with E-state index < -0.39 is 9.52 Å². The van der Waals surface area contributed by atoms with Crippen LogP contribution >= 0.6 is 0 Å². The van der Waals surface area contributed by atoms with Crippen LogP contribution < -0.4 is 0 Å². The zero-order chi connectivity index (χ0) is 19.0. The summed E-state index contributed by atoms with van der Waals surface area (Å²) in [6.45, 7) is 0. The molecule has 0 heterocycles. The van der Waals surface area contributed by atoms with Crippen LogP contribution in [0, 0.1) is 0 Å². The lowest BCUT2D eigenvalue weighted by molar-refractivity contribution is 1.13. The molecule has 0 aliphatic heterocycles. The second kappa shape index (κ2) is 9.16. The Kier molecular flexibility index (Phi) is 5.96. The van der Waals surface area contributed by atoms with E-state index >= 15 is 0 Å². The lowest BCUT2D eigenvalue weighted by Crippen LogP contribution is -2.08. The van der Waals surface area contributed by atoms with Crippen LogP contribution in [0.25, 0.3) is 17.2 Å². The largest absolute Gasteiger partial charge is 0.0999 e. The Balaban J connectivity index is 1.50. The van der Waals surface area contributed by atoms with E-state index in [1.54, 1.807) is 0 Å². The van der Waals surface area contributed by atoms with Crippen LogP contribution in [0.4, 0.5) is 0 Å². The van der Waals surface area contributed by atoms with Gasteiger partial charge in [0.2, 0.25) is 0 Å². The summed E-state index contributed by atoms with van der Waals surface area (Å²) in [6, 6.07) is 41.2. The normalized spacial score (nSPS) is 11.6. The van der Waals surface area contributed by atoms with Crippen LogP contribution in [-0.2, 0) is 0 Å². The molecule has 0 nitrogen and oxygen atoms in total. The minimum atomic E-state index is -0.456. The van der Waals surface area contributed by atoms with Crippen LogP contribution in [0.3, 0.4) is 0 Å². The van der Waals surface area contributed by atoms with Crippen molar-refractivity contribution in [2.75, 3.05) is 0 Å². The minimum Gasteiger partial charge on any atom is -0.0999 e. The molecule has 0 aliphatic rings. The lowest BCUT2D eigenvalue weighted by Gasteiger charge is -2.15. The van der Waals surface area contributed by atoms with Gasteiger partial charge in [-0.2, -0.15) is 0 Å². The van der Waals surface area contributed by atoms with E-state index in [0.29, 0.717) is 5.54 Å². The molecule has 0 aliphatic carbocycles. The average Bonchev–Trinajstić information content (AvgIpc) is 2.79. The highest BCUT2D eigenvalue weighted by molar-refractivity contribution is 6.46. The molecule has 0 saturated heterocycles. The molecule has 0 aromatic heterocycles. The van der Waals surface area contributed by atoms with Crippen molar-refractivity contribution in [1.29, 1.82) is 0 Å². The van der Waals surface area contributed by atoms with Gasteiger partial charge in [-0.1, -0.05) is 127 Å². The average molecular weight is 377 g/mol. The summed E-state index contributed by atoms with van der Waals surface area (Å²) in [5, 5.41) is 0. The van der Waals surface area contributed by atoms with Gasteiger partial charge in [-0.15, -0.1) is 0 Å². The monoisotopic (exact) mass is 376 g/mol. The Bertz CT molecular complexity index is 965. The molecular weight excluding hydrogens is 352 g/mol. The Hall–Kier alpha value is -3.16. The lowest BCUT2D eigenvalue weighted by atomic mass is 10.0. The Morgan fingerprint density at radius 1 is 0.500 bits per heavy atom. The second-order valence-corrected chi connectivity index (χ2v) is 8.76. The van der Waals surface area contributed by atoms with E-state index in [-0.39, 0.29) is 0 Å². The minimum absolute atomic E-state index is 0.456. The summed E-state index contributed by atoms with van der Waals surface area (Å²) in [7, 11) is -0.456. The van der Waals surface area contributed by atoms with Crippen molar-refractivity contribution in [3.8, 4) is 11.1 Å². The first-order chi connectivity index (χ1) is 13.9. The highest BCUT2D eigenvalue weighted by atomic mass is 28.2. The third-order valence-electron chi connectivity index (χ3n) is 5.10. The molecule has 0 atom stereocenters. The topological polar surface area (TPSA) is 0 Å². The van der Waals surface area contributed by atoms with Crippen molar-refractivity contribution >= 4 is 15.6 Å². The molecule has 0 bridgehead atoms. The van der Waals surface area contributed by atoms with Gasteiger partial charge in [0.25, 0.3) is 0 Å². The van der Waals surface area contributed by atoms with Crippen LogP contribution in [0.1, 0.15) is 22.2 Å². The summed E-state index contributed by atoms with van der Waals surface area (Å²) in [6.07, 6.45) is 2.29. The molecule has 0 spiro atoms. The standard InChI is InChI=1S/C27H24Si/c1-4-10-23(11-5-1)24-18-16-22(17-19-24)20-21-28-27(25-12-6-2-7-13-25)26-14-8-3-9-15-26/h1-21,27H,28H2. The molecule has 4 aromatic rings. The number of benzene rings is 4. The fourth-order valence-electron chi connectivity index (χ4n) is 3.59. The summed E-state index contributed by atoms with van der Waals surface area (Å²) >= 11 is 0. The molecule has 136 valence electrons. The molecule has 0 fully saturated rings. The SMILES string of the molecule is C(=Cc1ccc(-c2ccccc2)cc1)[SiH2]C(c1ccccc1)c1ccccc1. The predicted molar refractivity (Wildman–Crippen MR) is 124 cm³/mol. The first-order valence-electron chi connectivity index (χ1n) is 9.82. The van der Waals surface area contributed by atoms with E-state index in [1.165, 1.54) is 27.8 Å². The molecular formula is C27H24Si. The van der Waals surface area contributed by atoms with Crippen molar-refractivity contribution in [3.05, 3.63) is 138 Å². The van der Waals surface area contributed by atoms with Crippen LogP contribution in [0.5, 0.6) is 0 Å². The van der Waals surface area contributed by atoms with Gasteiger partial charge in [-0.3, -0.25) is 0 Å². The van der Waals surface area contributed by atoms with Crippen LogP contribution in [-0.4, -0.2) is 9.52 Å². The van der Waals surface area contributed by atoms with Gasteiger partial charge in [0.1, 0.15) is 0 Å². The quantitative estimate of drug-likeness (QED) is 0.347. The van der Waals surface area contributed by atoms with Crippen molar-refractivity contribution in [1.82, 2.24) is 0 Å². The molecule has 0 unspecified atom stereocenters. The summed E-state index contributed by atoms with van der Waals surface area (Å²) < 4.78 is 0. The van der Waals surface area contributed by atoms with E-state index in [1.807, 2.05) is 0 Å². The van der Waals surface area contributed by atoms with Crippen LogP contribution in [0.15, 0.2) is 121 Å². The molecule has 0 N–H and O–H groups in total. The molecule has 0 amide bonds. The maximum atomic E-state index is 2.43. The van der Waals surface area contributed by atoms with E-state index in [2.05, 4.69) is 127 Å². The number of hydrogen-bond acceptors (Lipinski definition) is 0. The fraction of sp³-hybridized carbons (Fsp3) is 0.0370. The maximum Gasteiger partial charge on any atom is 0.0587 e. The Labute approximate surface area is 170 Å². The zero-order valence-electron chi connectivity index (χ0n) is 15.9. The van der Waals surface area contributed by atoms with Gasteiger partial charge >= 0.3 is 0 Å². The van der Waals surface area contributed by atoms with Crippen molar-refractivity contribution in [2.24, 2.45) is 0 Å². The van der Waals surface area contributed by atoms with E-state index in [4.69, 9.17) is 0 Å². The Morgan fingerprint density at radius 2 is 0.964 bits per heavy atom. The van der Waals surface area contributed by atoms with Gasteiger partial charge in [0.05, 0.1) is 9.52 Å². The first kappa shape index (κ1) is 18.2. The van der Waals surface area contributed by atoms with E-state index in [9.17, 15) is 0 Å². The van der Waals surface area contributed by atoms with Crippen molar-refractivity contribution < 1.29 is 0 Å².